The highest BCUT2D eigenvalue weighted by Gasteiger charge is 2.35. The third kappa shape index (κ3) is 4.91. The van der Waals surface area contributed by atoms with E-state index < -0.39 is 24.7 Å². The highest BCUT2D eigenvalue weighted by atomic mass is 19.4. The molecule has 1 amide bonds. The van der Waals surface area contributed by atoms with Crippen molar-refractivity contribution < 1.29 is 22.7 Å². The fourth-order valence-corrected chi connectivity index (χ4v) is 1.78. The van der Waals surface area contributed by atoms with Crippen LogP contribution in [-0.4, -0.2) is 49.3 Å². The standard InChI is InChI=1S/C10H17F3N2O2/c11-10(12,13)7-15(5-4-14)9(16)8-3-1-2-6-17-8/h8H,1-7,14H2. The second-order valence-electron chi connectivity index (χ2n) is 4.02. The molecule has 7 heteroatoms. The van der Waals surface area contributed by atoms with E-state index in [9.17, 15) is 18.0 Å². The van der Waals surface area contributed by atoms with Gasteiger partial charge < -0.3 is 15.4 Å². The molecule has 0 aromatic heterocycles. The molecule has 17 heavy (non-hydrogen) atoms. The smallest absolute Gasteiger partial charge is 0.368 e. The normalized spacial score (nSPS) is 21.3. The first-order valence-corrected chi connectivity index (χ1v) is 5.61. The van der Waals surface area contributed by atoms with Gasteiger partial charge in [0.25, 0.3) is 5.91 Å². The number of alkyl halides is 3. The summed E-state index contributed by atoms with van der Waals surface area (Å²) in [5, 5.41) is 0. The van der Waals surface area contributed by atoms with Crippen molar-refractivity contribution in [1.29, 1.82) is 0 Å². The average molecular weight is 254 g/mol. The summed E-state index contributed by atoms with van der Waals surface area (Å²) in [4.78, 5) is 12.5. The number of nitrogens with two attached hydrogens (primary N) is 1. The molecule has 0 aromatic rings. The molecular formula is C10H17F3N2O2. The van der Waals surface area contributed by atoms with Crippen molar-refractivity contribution in [2.24, 2.45) is 5.73 Å². The van der Waals surface area contributed by atoms with Gasteiger partial charge in [0, 0.05) is 19.7 Å². The van der Waals surface area contributed by atoms with Crippen molar-refractivity contribution in [2.75, 3.05) is 26.2 Å². The molecule has 1 aliphatic rings. The Hall–Kier alpha value is -0.820. The van der Waals surface area contributed by atoms with Crippen molar-refractivity contribution >= 4 is 5.91 Å². The molecule has 0 spiro atoms. The van der Waals surface area contributed by atoms with Gasteiger partial charge in [-0.05, 0) is 19.3 Å². The van der Waals surface area contributed by atoms with Gasteiger partial charge in [-0.1, -0.05) is 0 Å². The molecule has 1 atom stereocenters. The number of amides is 1. The molecule has 4 nitrogen and oxygen atoms in total. The van der Waals surface area contributed by atoms with E-state index in [0.717, 1.165) is 17.7 Å². The van der Waals surface area contributed by atoms with E-state index in [4.69, 9.17) is 10.5 Å². The van der Waals surface area contributed by atoms with Crippen LogP contribution in [0.4, 0.5) is 13.2 Å². The SMILES string of the molecule is NCCN(CC(F)(F)F)C(=O)C1CCCCO1. The van der Waals surface area contributed by atoms with Crippen molar-refractivity contribution in [3.8, 4) is 0 Å². The first-order valence-electron chi connectivity index (χ1n) is 5.61. The number of ether oxygens (including phenoxy) is 1. The topological polar surface area (TPSA) is 55.6 Å². The Morgan fingerprint density at radius 1 is 1.41 bits per heavy atom. The number of carbonyl (C=O) groups is 1. The van der Waals surface area contributed by atoms with Crippen LogP contribution >= 0.6 is 0 Å². The van der Waals surface area contributed by atoms with Gasteiger partial charge in [-0.15, -0.1) is 0 Å². The lowest BCUT2D eigenvalue weighted by Crippen LogP contribution is -2.47. The molecule has 1 fully saturated rings. The zero-order valence-corrected chi connectivity index (χ0v) is 9.50. The second-order valence-corrected chi connectivity index (χ2v) is 4.02. The van der Waals surface area contributed by atoms with Crippen LogP contribution < -0.4 is 5.73 Å². The van der Waals surface area contributed by atoms with Gasteiger partial charge >= 0.3 is 6.18 Å². The minimum atomic E-state index is -4.40. The van der Waals surface area contributed by atoms with Crippen LogP contribution in [0.3, 0.4) is 0 Å². The summed E-state index contributed by atoms with van der Waals surface area (Å²) >= 11 is 0. The summed E-state index contributed by atoms with van der Waals surface area (Å²) in [5.74, 6) is -0.604. The average Bonchev–Trinajstić information content (AvgIpc) is 2.27. The molecule has 0 aromatic carbocycles. The van der Waals surface area contributed by atoms with Gasteiger partial charge in [0.2, 0.25) is 0 Å². The van der Waals surface area contributed by atoms with Crippen molar-refractivity contribution in [3.63, 3.8) is 0 Å². The Morgan fingerprint density at radius 2 is 2.12 bits per heavy atom. The molecule has 100 valence electrons. The maximum Gasteiger partial charge on any atom is 0.406 e. The molecule has 1 saturated heterocycles. The van der Waals surface area contributed by atoms with E-state index >= 15 is 0 Å². The Kier molecular flexibility index (Phi) is 5.20. The quantitative estimate of drug-likeness (QED) is 0.811. The summed E-state index contributed by atoms with van der Waals surface area (Å²) in [6.45, 7) is -0.922. The van der Waals surface area contributed by atoms with E-state index in [0.29, 0.717) is 13.0 Å². The summed E-state index contributed by atoms with van der Waals surface area (Å²) in [7, 11) is 0. The van der Waals surface area contributed by atoms with Gasteiger partial charge in [0.15, 0.2) is 0 Å². The van der Waals surface area contributed by atoms with Gasteiger partial charge in [0.05, 0.1) is 0 Å². The van der Waals surface area contributed by atoms with Crippen LogP contribution in [0.15, 0.2) is 0 Å². The zero-order chi connectivity index (χ0) is 12.9. The van der Waals surface area contributed by atoms with Crippen LogP contribution in [0, 0.1) is 0 Å². The molecule has 1 heterocycles. The highest BCUT2D eigenvalue weighted by Crippen LogP contribution is 2.20. The number of carbonyl (C=O) groups excluding carboxylic acids is 1. The molecule has 2 N–H and O–H groups in total. The predicted octanol–water partition coefficient (Wildman–Crippen LogP) is 0.905. The highest BCUT2D eigenvalue weighted by molar-refractivity contribution is 5.81. The number of rotatable bonds is 4. The first kappa shape index (κ1) is 14.2. The Balaban J connectivity index is 2.58. The van der Waals surface area contributed by atoms with Crippen molar-refractivity contribution in [1.82, 2.24) is 4.90 Å². The Labute approximate surface area is 97.9 Å². The van der Waals surface area contributed by atoms with Gasteiger partial charge in [-0.25, -0.2) is 0 Å². The van der Waals surface area contributed by atoms with Crippen molar-refractivity contribution in [2.45, 2.75) is 31.5 Å². The lowest BCUT2D eigenvalue weighted by molar-refractivity contribution is -0.169. The molecular weight excluding hydrogens is 237 g/mol. The van der Waals surface area contributed by atoms with E-state index in [-0.39, 0.29) is 13.1 Å². The van der Waals surface area contributed by atoms with Crippen molar-refractivity contribution in [3.05, 3.63) is 0 Å². The minimum absolute atomic E-state index is 0.00847. The van der Waals surface area contributed by atoms with Crippen LogP contribution in [0.2, 0.25) is 0 Å². The summed E-state index contributed by atoms with van der Waals surface area (Å²) in [6, 6.07) is 0. The first-order chi connectivity index (χ1) is 7.94. The third-order valence-electron chi connectivity index (χ3n) is 2.54. The Bertz CT molecular complexity index is 252. The molecule has 0 bridgehead atoms. The monoisotopic (exact) mass is 254 g/mol. The molecule has 0 saturated carbocycles. The van der Waals surface area contributed by atoms with E-state index in [1.165, 1.54) is 0 Å². The molecule has 0 aliphatic carbocycles. The fourth-order valence-electron chi connectivity index (χ4n) is 1.78. The minimum Gasteiger partial charge on any atom is -0.368 e. The predicted molar refractivity (Wildman–Crippen MR) is 55.3 cm³/mol. The molecule has 1 unspecified atom stereocenters. The summed E-state index contributed by atoms with van der Waals surface area (Å²) in [5.41, 5.74) is 5.21. The Morgan fingerprint density at radius 3 is 2.59 bits per heavy atom. The molecule has 1 aliphatic heterocycles. The maximum absolute atomic E-state index is 12.3. The number of hydrogen-bond acceptors (Lipinski definition) is 3. The lowest BCUT2D eigenvalue weighted by Gasteiger charge is -2.29. The third-order valence-corrected chi connectivity index (χ3v) is 2.54. The molecule has 1 rings (SSSR count). The van der Waals surface area contributed by atoms with E-state index in [1.807, 2.05) is 0 Å². The second kappa shape index (κ2) is 6.20. The van der Waals surface area contributed by atoms with Crippen LogP contribution in [0.25, 0.3) is 0 Å². The van der Waals surface area contributed by atoms with Gasteiger partial charge in [-0.3, -0.25) is 4.79 Å². The lowest BCUT2D eigenvalue weighted by atomic mass is 10.1. The number of nitrogens with zero attached hydrogens (tertiary/aromatic N) is 1. The zero-order valence-electron chi connectivity index (χ0n) is 9.50. The van der Waals surface area contributed by atoms with Gasteiger partial charge in [-0.2, -0.15) is 13.2 Å². The fraction of sp³-hybridized carbons (Fsp3) is 0.900. The summed E-state index contributed by atoms with van der Waals surface area (Å²) < 4.78 is 42.0. The van der Waals surface area contributed by atoms with E-state index in [2.05, 4.69) is 0 Å². The van der Waals surface area contributed by atoms with E-state index in [1.54, 1.807) is 0 Å². The maximum atomic E-state index is 12.3. The van der Waals surface area contributed by atoms with Crippen LogP contribution in [-0.2, 0) is 9.53 Å². The van der Waals surface area contributed by atoms with Gasteiger partial charge in [0.1, 0.15) is 12.6 Å². The van der Waals surface area contributed by atoms with Crippen LogP contribution in [0.5, 0.6) is 0 Å². The van der Waals surface area contributed by atoms with Crippen LogP contribution in [0.1, 0.15) is 19.3 Å². The number of halogens is 3. The number of hydrogen-bond donors (Lipinski definition) is 1. The summed E-state index contributed by atoms with van der Waals surface area (Å²) in [6.07, 6.45) is -3.01. The molecule has 0 radical (unpaired) electrons. The largest absolute Gasteiger partial charge is 0.406 e.